The Hall–Kier alpha value is -2.67. The van der Waals surface area contributed by atoms with Gasteiger partial charge in [0.15, 0.2) is 0 Å². The molecule has 0 spiro atoms. The number of pyridine rings is 1. The summed E-state index contributed by atoms with van der Waals surface area (Å²) >= 11 is 0. The maximum absolute atomic E-state index is 4.61. The fraction of sp³-hybridized carbons (Fsp3) is 0.0952. The van der Waals surface area contributed by atoms with Gasteiger partial charge in [0, 0.05) is 17.3 Å². The summed E-state index contributed by atoms with van der Waals surface area (Å²) in [4.78, 5) is 4.61. The van der Waals surface area contributed by atoms with E-state index in [1.165, 1.54) is 27.8 Å². The second kappa shape index (κ2) is 5.61. The molecule has 0 amide bonds. The van der Waals surface area contributed by atoms with Crippen LogP contribution in [0, 0.1) is 0 Å². The van der Waals surface area contributed by atoms with Crippen molar-refractivity contribution in [2.45, 2.75) is 12.8 Å². The summed E-state index contributed by atoms with van der Waals surface area (Å²) in [7, 11) is 0. The predicted molar refractivity (Wildman–Crippen MR) is 92.5 cm³/mol. The Morgan fingerprint density at radius 3 is 2.27 bits per heavy atom. The van der Waals surface area contributed by atoms with Crippen molar-refractivity contribution in [1.82, 2.24) is 4.98 Å². The van der Waals surface area contributed by atoms with E-state index in [9.17, 15) is 0 Å². The molecule has 0 saturated carbocycles. The summed E-state index contributed by atoms with van der Waals surface area (Å²) < 4.78 is 0. The van der Waals surface area contributed by atoms with E-state index < -0.39 is 0 Å². The molecule has 3 aromatic rings. The van der Waals surface area contributed by atoms with E-state index in [0.717, 1.165) is 18.5 Å². The molecular weight excluding hydrogens is 266 g/mol. The van der Waals surface area contributed by atoms with Crippen molar-refractivity contribution in [2.24, 2.45) is 0 Å². The molecule has 1 heteroatoms. The molecule has 0 N–H and O–H groups in total. The molecule has 1 aliphatic carbocycles. The molecule has 2 aromatic carbocycles. The van der Waals surface area contributed by atoms with Gasteiger partial charge in [0.2, 0.25) is 0 Å². The number of nitrogens with zero attached hydrogens (tertiary/aromatic N) is 1. The number of aryl methyl sites for hydroxylation is 1. The zero-order valence-corrected chi connectivity index (χ0v) is 12.4. The van der Waals surface area contributed by atoms with Gasteiger partial charge in [-0.15, -0.1) is 0 Å². The lowest BCUT2D eigenvalue weighted by atomic mass is 9.93. The largest absolute Gasteiger partial charge is 0.256 e. The van der Waals surface area contributed by atoms with Crippen molar-refractivity contribution in [3.8, 4) is 22.4 Å². The lowest BCUT2D eigenvalue weighted by molar-refractivity contribution is 0.978. The van der Waals surface area contributed by atoms with Crippen LogP contribution in [0.1, 0.15) is 17.5 Å². The maximum atomic E-state index is 4.61. The molecule has 0 atom stereocenters. The first-order chi connectivity index (χ1) is 10.9. The summed E-state index contributed by atoms with van der Waals surface area (Å²) in [5.74, 6) is 0. The molecule has 0 fully saturated rings. The minimum absolute atomic E-state index is 1.09. The van der Waals surface area contributed by atoms with Gasteiger partial charge in [-0.25, -0.2) is 0 Å². The van der Waals surface area contributed by atoms with Crippen molar-refractivity contribution >= 4 is 6.08 Å². The van der Waals surface area contributed by atoms with Gasteiger partial charge in [0.25, 0.3) is 0 Å². The van der Waals surface area contributed by atoms with E-state index in [4.69, 9.17) is 0 Å². The minimum atomic E-state index is 1.09. The third-order valence-corrected chi connectivity index (χ3v) is 4.21. The van der Waals surface area contributed by atoms with Crippen LogP contribution in [0.3, 0.4) is 0 Å². The summed E-state index contributed by atoms with van der Waals surface area (Å²) in [5, 5.41) is 0. The Labute approximate surface area is 131 Å². The fourth-order valence-electron chi connectivity index (χ4n) is 3.04. The van der Waals surface area contributed by atoms with Crippen LogP contribution in [0.25, 0.3) is 28.5 Å². The quantitative estimate of drug-likeness (QED) is 0.615. The maximum Gasteiger partial charge on any atom is 0.0776 e. The van der Waals surface area contributed by atoms with Crippen LogP contribution >= 0.6 is 0 Å². The second-order valence-electron chi connectivity index (χ2n) is 5.62. The Bertz CT molecular complexity index is 814. The summed E-state index contributed by atoms with van der Waals surface area (Å²) in [6.07, 6.45) is 8.63. The van der Waals surface area contributed by atoms with Crippen molar-refractivity contribution in [3.63, 3.8) is 0 Å². The smallest absolute Gasteiger partial charge is 0.0776 e. The number of benzene rings is 2. The summed E-state index contributed by atoms with van der Waals surface area (Å²) in [5.41, 5.74) is 7.44. The zero-order chi connectivity index (χ0) is 14.8. The van der Waals surface area contributed by atoms with Crippen LogP contribution in [0.15, 0.2) is 72.9 Å². The van der Waals surface area contributed by atoms with Gasteiger partial charge >= 0.3 is 0 Å². The highest BCUT2D eigenvalue weighted by molar-refractivity contribution is 5.76. The van der Waals surface area contributed by atoms with Crippen LogP contribution in [0.2, 0.25) is 0 Å². The first-order valence-corrected chi connectivity index (χ1v) is 7.72. The first kappa shape index (κ1) is 13.0. The average molecular weight is 283 g/mol. The van der Waals surface area contributed by atoms with Gasteiger partial charge in [-0.3, -0.25) is 4.98 Å². The lowest BCUT2D eigenvalue weighted by Crippen LogP contribution is -1.98. The molecule has 0 unspecified atom stereocenters. The standard InChI is InChI=1S/C21H17N/c1-2-6-16(7-3-1)17-10-12-19(13-11-17)21-20-9-5-4-8-18(20)14-15-22-21/h1-3,5-7,9-15H,4,8H2. The highest BCUT2D eigenvalue weighted by Crippen LogP contribution is 2.30. The third kappa shape index (κ3) is 2.35. The van der Waals surface area contributed by atoms with Crippen molar-refractivity contribution in [1.29, 1.82) is 0 Å². The predicted octanol–water partition coefficient (Wildman–Crippen LogP) is 5.38. The molecule has 106 valence electrons. The number of allylic oxidation sites excluding steroid dienone is 1. The Kier molecular flexibility index (Phi) is 3.32. The van der Waals surface area contributed by atoms with Crippen molar-refractivity contribution < 1.29 is 0 Å². The third-order valence-electron chi connectivity index (χ3n) is 4.21. The van der Waals surface area contributed by atoms with Crippen LogP contribution in [0.4, 0.5) is 0 Å². The molecule has 0 saturated heterocycles. The van der Waals surface area contributed by atoms with Gasteiger partial charge in [-0.05, 0) is 35.6 Å². The molecule has 1 nitrogen and oxygen atoms in total. The lowest BCUT2D eigenvalue weighted by Gasteiger charge is -2.14. The van der Waals surface area contributed by atoms with Crippen molar-refractivity contribution in [2.75, 3.05) is 0 Å². The average Bonchev–Trinajstić information content (AvgIpc) is 2.62. The van der Waals surface area contributed by atoms with Gasteiger partial charge in [-0.2, -0.15) is 0 Å². The van der Waals surface area contributed by atoms with Gasteiger partial charge in [0.05, 0.1) is 5.69 Å². The molecule has 22 heavy (non-hydrogen) atoms. The number of aromatic nitrogens is 1. The SMILES string of the molecule is C1=Cc2c(ccnc2-c2ccc(-c3ccccc3)cc2)CC1. The van der Waals surface area contributed by atoms with E-state index in [-0.39, 0.29) is 0 Å². The molecule has 1 aliphatic rings. The first-order valence-electron chi connectivity index (χ1n) is 7.72. The molecular formula is C21H17N. The van der Waals surface area contributed by atoms with E-state index in [2.05, 4.69) is 71.7 Å². The highest BCUT2D eigenvalue weighted by atomic mass is 14.7. The zero-order valence-electron chi connectivity index (χ0n) is 12.4. The second-order valence-corrected chi connectivity index (χ2v) is 5.62. The van der Waals surface area contributed by atoms with Crippen LogP contribution in [0.5, 0.6) is 0 Å². The Morgan fingerprint density at radius 1 is 0.727 bits per heavy atom. The Morgan fingerprint density at radius 2 is 1.45 bits per heavy atom. The van der Waals surface area contributed by atoms with Gasteiger partial charge in [0.1, 0.15) is 0 Å². The topological polar surface area (TPSA) is 12.9 Å². The van der Waals surface area contributed by atoms with E-state index >= 15 is 0 Å². The monoisotopic (exact) mass is 283 g/mol. The molecule has 1 heterocycles. The Balaban J connectivity index is 1.75. The molecule has 0 aliphatic heterocycles. The van der Waals surface area contributed by atoms with E-state index in [0.29, 0.717) is 0 Å². The molecule has 1 aromatic heterocycles. The highest BCUT2D eigenvalue weighted by Gasteiger charge is 2.11. The van der Waals surface area contributed by atoms with Gasteiger partial charge in [-0.1, -0.05) is 66.7 Å². The molecule has 0 bridgehead atoms. The van der Waals surface area contributed by atoms with Crippen molar-refractivity contribution in [3.05, 3.63) is 84.1 Å². The minimum Gasteiger partial charge on any atom is -0.256 e. The summed E-state index contributed by atoms with van der Waals surface area (Å²) in [6.45, 7) is 0. The molecule has 4 rings (SSSR count). The van der Waals surface area contributed by atoms with E-state index in [1.807, 2.05) is 12.3 Å². The number of hydrogen-bond donors (Lipinski definition) is 0. The normalized spacial score (nSPS) is 12.9. The van der Waals surface area contributed by atoms with Crippen LogP contribution in [-0.4, -0.2) is 4.98 Å². The van der Waals surface area contributed by atoms with Gasteiger partial charge < -0.3 is 0 Å². The molecule has 0 radical (unpaired) electrons. The van der Waals surface area contributed by atoms with Crippen LogP contribution < -0.4 is 0 Å². The van der Waals surface area contributed by atoms with E-state index in [1.54, 1.807) is 0 Å². The summed E-state index contributed by atoms with van der Waals surface area (Å²) in [6, 6.07) is 21.3. The number of rotatable bonds is 2. The van der Waals surface area contributed by atoms with Crippen LogP contribution in [-0.2, 0) is 6.42 Å². The fourth-order valence-corrected chi connectivity index (χ4v) is 3.04. The number of fused-ring (bicyclic) bond motifs is 1. The number of hydrogen-bond acceptors (Lipinski definition) is 1.